The van der Waals surface area contributed by atoms with Crippen molar-refractivity contribution >= 4 is 51.6 Å². The number of nitrogens with one attached hydrogen (secondary N) is 3. The van der Waals surface area contributed by atoms with Crippen LogP contribution in [0.5, 0.6) is 0 Å². The van der Waals surface area contributed by atoms with E-state index < -0.39 is 0 Å². The molecule has 0 aromatic heterocycles. The van der Waals surface area contributed by atoms with E-state index in [0.717, 1.165) is 67.7 Å². The van der Waals surface area contributed by atoms with E-state index in [-0.39, 0.29) is 10.8 Å². The van der Waals surface area contributed by atoms with E-state index in [2.05, 4.69) is 318 Å². The van der Waals surface area contributed by atoms with E-state index in [1.165, 1.54) is 72.3 Å². The molecule has 0 saturated heterocycles. The van der Waals surface area contributed by atoms with Gasteiger partial charge in [-0.2, -0.15) is 0 Å². The number of rotatable bonds is 10. The molecule has 3 aliphatic rings. The zero-order chi connectivity index (χ0) is 56.8. The van der Waals surface area contributed by atoms with Gasteiger partial charge in [0.05, 0.1) is 11.4 Å². The summed E-state index contributed by atoms with van der Waals surface area (Å²) in [4.78, 5) is 2.33. The van der Waals surface area contributed by atoms with Crippen LogP contribution in [0.2, 0.25) is 0 Å². The molecule has 4 heteroatoms. The van der Waals surface area contributed by atoms with Gasteiger partial charge in [0.2, 0.25) is 0 Å². The van der Waals surface area contributed by atoms with Crippen LogP contribution >= 0.6 is 0 Å². The molecule has 0 saturated carbocycles. The Hall–Kier alpha value is -10.0. The van der Waals surface area contributed by atoms with Gasteiger partial charge >= 0.3 is 0 Å². The highest BCUT2D eigenvalue weighted by Crippen LogP contribution is 2.52. The normalized spacial score (nSPS) is 14.2. The lowest BCUT2D eigenvalue weighted by molar-refractivity contribution is 0.660. The minimum absolute atomic E-state index is 0.0573. The van der Waals surface area contributed by atoms with Crippen LogP contribution in [0.3, 0.4) is 0 Å². The number of hydrogen-bond donors (Lipinski definition) is 3. The van der Waals surface area contributed by atoms with E-state index >= 15 is 0 Å². The highest BCUT2D eigenvalue weighted by atomic mass is 15.1. The summed E-state index contributed by atoms with van der Waals surface area (Å²) >= 11 is 0. The minimum atomic E-state index is -0.0644. The van der Waals surface area contributed by atoms with E-state index in [9.17, 15) is 5.41 Å². The van der Waals surface area contributed by atoms with Gasteiger partial charge in [-0.1, -0.05) is 233 Å². The molecule has 1 aliphatic heterocycles. The first-order valence-electron chi connectivity index (χ1n) is 28.8. The average Bonchev–Trinajstić information content (AvgIpc) is 3.72. The van der Waals surface area contributed by atoms with Gasteiger partial charge in [0.25, 0.3) is 0 Å². The van der Waals surface area contributed by atoms with E-state index in [1.807, 2.05) is 12.1 Å². The maximum absolute atomic E-state index is 9.51. The summed E-state index contributed by atoms with van der Waals surface area (Å²) in [6.45, 7) is 13.5. The van der Waals surface area contributed by atoms with Crippen molar-refractivity contribution in [3.63, 3.8) is 0 Å². The van der Waals surface area contributed by atoms with Crippen LogP contribution in [-0.4, -0.2) is 5.71 Å². The van der Waals surface area contributed by atoms with Crippen molar-refractivity contribution in [3.8, 4) is 44.5 Å². The predicted molar refractivity (Wildman–Crippen MR) is 351 cm³/mol. The molecule has 0 radical (unpaired) electrons. The molecule has 2 aliphatic carbocycles. The van der Waals surface area contributed by atoms with Crippen molar-refractivity contribution < 1.29 is 0 Å². The highest BCUT2D eigenvalue weighted by molar-refractivity contribution is 6.16. The maximum Gasteiger partial charge on any atom is 0.0662 e. The molecule has 402 valence electrons. The molecular weight excluding hydrogens is 1000 g/mol. The number of nitrogens with zero attached hydrogens (tertiary/aromatic N) is 1. The lowest BCUT2D eigenvalue weighted by atomic mass is 9.82. The Bertz CT molecular complexity index is 4300. The lowest BCUT2D eigenvalue weighted by Crippen LogP contribution is -2.20. The number of hydrogen-bond acceptors (Lipinski definition) is 4. The zero-order valence-electron chi connectivity index (χ0n) is 47.9. The summed E-state index contributed by atoms with van der Waals surface area (Å²) in [7, 11) is 0. The van der Waals surface area contributed by atoms with Gasteiger partial charge in [-0.3, -0.25) is 5.41 Å². The van der Waals surface area contributed by atoms with Gasteiger partial charge in [0.15, 0.2) is 0 Å². The van der Waals surface area contributed by atoms with Crippen molar-refractivity contribution in [2.24, 2.45) is 0 Å². The number of allylic oxidation sites excluding steroid dienone is 1. The molecule has 4 nitrogen and oxygen atoms in total. The van der Waals surface area contributed by atoms with Gasteiger partial charge < -0.3 is 15.5 Å². The fourth-order valence-electron chi connectivity index (χ4n) is 12.7. The van der Waals surface area contributed by atoms with Crippen molar-refractivity contribution in [3.05, 3.63) is 323 Å². The second kappa shape index (κ2) is 21.5. The molecule has 14 rings (SSSR count). The van der Waals surface area contributed by atoms with Crippen LogP contribution < -0.4 is 15.5 Å². The monoisotopic (exact) mass is 1070 g/mol. The summed E-state index contributed by atoms with van der Waals surface area (Å²) in [5.74, 6) is 0. The first-order chi connectivity index (χ1) is 40.4. The quantitative estimate of drug-likeness (QED) is 0.120. The van der Waals surface area contributed by atoms with Gasteiger partial charge in [0, 0.05) is 50.5 Å². The third-order valence-electron chi connectivity index (χ3n) is 17.2. The number of aryl methyl sites for hydroxylation is 1. The fraction of sp³-hybridized carbons (Fsp3) is 0.101. The van der Waals surface area contributed by atoms with Crippen molar-refractivity contribution in [1.29, 1.82) is 5.41 Å². The molecule has 0 fully saturated rings. The molecular formula is C79H66N4. The first-order valence-corrected chi connectivity index (χ1v) is 28.8. The van der Waals surface area contributed by atoms with Crippen molar-refractivity contribution in [1.82, 2.24) is 5.32 Å². The second-order valence-corrected chi connectivity index (χ2v) is 23.2. The molecule has 1 heterocycles. The third-order valence-corrected chi connectivity index (χ3v) is 17.2. The Morgan fingerprint density at radius 2 is 0.843 bits per heavy atom. The Morgan fingerprint density at radius 1 is 0.398 bits per heavy atom. The summed E-state index contributed by atoms with van der Waals surface area (Å²) in [5.41, 5.74) is 29.9. The van der Waals surface area contributed by atoms with Gasteiger partial charge in [-0.15, -0.1) is 0 Å². The standard InChI is InChI=1S/C52H43N3.C27H23N/c1-34-19-20-40-32-49(38-15-9-6-10-16-38)54-51(45(40)31-34)35(2)50(53)39-23-27-42(28-24-39)55(41-25-21-37(22-26-41)36-13-7-5-8-14-36)43-29-30-48-46(33-43)44-17-11-12-18-47(44)52(48,3)4;1-27(2)25-11-7-6-10-23(25)24-18-22(16-17-26(24)27)28-21-14-12-20(13-15-21)19-8-4-3-5-9-19/h5-33,53-54H,1-4H3;3-18,28H,1-2H3/b51-35-,53-50?;. The minimum Gasteiger partial charge on any atom is -0.356 e. The number of anilines is 5. The Labute approximate surface area is 489 Å². The summed E-state index contributed by atoms with van der Waals surface area (Å²) in [6, 6.07) is 95.2. The van der Waals surface area contributed by atoms with Crippen LogP contribution in [0.15, 0.2) is 272 Å². The van der Waals surface area contributed by atoms with Crippen LogP contribution in [0, 0.1) is 12.3 Å². The Kier molecular flexibility index (Phi) is 13.5. The highest BCUT2D eigenvalue weighted by Gasteiger charge is 2.37. The summed E-state index contributed by atoms with van der Waals surface area (Å²) < 4.78 is 0. The molecule has 0 amide bonds. The fourth-order valence-corrected chi connectivity index (χ4v) is 12.7. The molecule has 0 unspecified atom stereocenters. The predicted octanol–water partition coefficient (Wildman–Crippen LogP) is 20.7. The molecule has 3 N–H and O–H groups in total. The van der Waals surface area contributed by atoms with E-state index in [4.69, 9.17) is 0 Å². The van der Waals surface area contributed by atoms with Crippen LogP contribution in [0.4, 0.5) is 28.4 Å². The summed E-state index contributed by atoms with van der Waals surface area (Å²) in [6.07, 6.45) is 2.21. The third kappa shape index (κ3) is 9.87. The van der Waals surface area contributed by atoms with Crippen LogP contribution in [-0.2, 0) is 10.8 Å². The summed E-state index contributed by atoms with van der Waals surface area (Å²) in [5, 5.41) is 16.8. The zero-order valence-corrected chi connectivity index (χ0v) is 47.9. The Morgan fingerprint density at radius 3 is 1.42 bits per heavy atom. The Balaban J connectivity index is 0.000000192. The molecule has 0 atom stereocenters. The largest absolute Gasteiger partial charge is 0.356 e. The van der Waals surface area contributed by atoms with Gasteiger partial charge in [-0.25, -0.2) is 0 Å². The smallest absolute Gasteiger partial charge is 0.0662 e. The molecule has 11 aromatic rings. The topological polar surface area (TPSA) is 51.2 Å². The van der Waals surface area contributed by atoms with E-state index in [1.54, 1.807) is 0 Å². The van der Waals surface area contributed by atoms with Gasteiger partial charge in [0.1, 0.15) is 0 Å². The van der Waals surface area contributed by atoms with Crippen molar-refractivity contribution in [2.45, 2.75) is 52.4 Å². The molecule has 0 bridgehead atoms. The van der Waals surface area contributed by atoms with Gasteiger partial charge in [-0.05, 0) is 176 Å². The second-order valence-electron chi connectivity index (χ2n) is 23.2. The first kappa shape index (κ1) is 52.3. The SMILES string of the molecule is C/C(C(=N)c1ccc(N(c2ccc(-c3ccccc3)cc2)c2ccc3c(c2)-c2ccccc2C3(C)C)cc1)=C1/NC(c2ccccc2)=Cc2ccc(C)cc21.CC1(C)c2ccccc2-c2cc(Nc3ccc(-c4ccccc4)cc3)ccc21. The average molecular weight is 1070 g/mol. The molecule has 0 spiro atoms. The van der Waals surface area contributed by atoms with Crippen LogP contribution in [0.1, 0.15) is 84.7 Å². The number of benzene rings is 11. The number of fused-ring (bicyclic) bond motifs is 7. The maximum atomic E-state index is 9.51. The molecule has 83 heavy (non-hydrogen) atoms. The van der Waals surface area contributed by atoms with Crippen LogP contribution in [0.25, 0.3) is 62.0 Å². The molecule has 11 aromatic carbocycles. The lowest BCUT2D eigenvalue weighted by Gasteiger charge is -2.28. The van der Waals surface area contributed by atoms with E-state index in [0.29, 0.717) is 5.71 Å². The van der Waals surface area contributed by atoms with Crippen molar-refractivity contribution in [2.75, 3.05) is 10.2 Å².